The Labute approximate surface area is 91.7 Å². The number of carbonyl (C=O) groups is 3. The van der Waals surface area contributed by atoms with Crippen molar-refractivity contribution in [3.63, 3.8) is 0 Å². The van der Waals surface area contributed by atoms with E-state index >= 15 is 0 Å². The summed E-state index contributed by atoms with van der Waals surface area (Å²) in [6.45, 7) is 0.179. The molecule has 0 aliphatic carbocycles. The van der Waals surface area contributed by atoms with E-state index in [1.807, 2.05) is 0 Å². The summed E-state index contributed by atoms with van der Waals surface area (Å²) >= 11 is 0. The highest BCUT2D eigenvalue weighted by Crippen LogP contribution is 2.19. The Kier molecular flexibility index (Phi) is 2.78. The van der Waals surface area contributed by atoms with Crippen molar-refractivity contribution in [3.05, 3.63) is 0 Å². The first-order valence-electron chi connectivity index (χ1n) is 4.93. The number of imide groups is 1. The lowest BCUT2D eigenvalue weighted by molar-refractivity contribution is -0.143. The normalized spacial score (nSPS) is 29.4. The number of hydrogen-bond donors (Lipinski definition) is 1. The lowest BCUT2D eigenvalue weighted by Gasteiger charge is -2.17. The molecule has 2 saturated heterocycles. The molecule has 7 heteroatoms. The number of esters is 1. The minimum Gasteiger partial charge on any atom is -0.468 e. The van der Waals surface area contributed by atoms with Gasteiger partial charge in [0.05, 0.1) is 13.2 Å². The maximum Gasteiger partial charge on any atom is 0.417 e. The van der Waals surface area contributed by atoms with Gasteiger partial charge < -0.3 is 14.8 Å². The summed E-state index contributed by atoms with van der Waals surface area (Å²) in [5, 5.41) is 2.90. The molecule has 1 N–H and O–H groups in total. The first-order valence-corrected chi connectivity index (χ1v) is 4.93. The molecule has 0 radical (unpaired) electrons. The second-order valence-corrected chi connectivity index (χ2v) is 3.69. The van der Waals surface area contributed by atoms with Crippen molar-refractivity contribution in [3.8, 4) is 0 Å². The average molecular weight is 228 g/mol. The van der Waals surface area contributed by atoms with Gasteiger partial charge in [-0.15, -0.1) is 0 Å². The maximum atomic E-state index is 11.4. The molecule has 0 aromatic rings. The zero-order chi connectivity index (χ0) is 11.7. The van der Waals surface area contributed by atoms with Crippen molar-refractivity contribution in [1.82, 2.24) is 10.2 Å². The fourth-order valence-electron chi connectivity index (χ4n) is 1.95. The molecule has 0 bridgehead atoms. The van der Waals surface area contributed by atoms with Crippen molar-refractivity contribution in [1.29, 1.82) is 0 Å². The Bertz CT molecular complexity index is 327. The highest BCUT2D eigenvalue weighted by Gasteiger charge is 2.42. The molecular formula is C9H12N2O5. The lowest BCUT2D eigenvalue weighted by Crippen LogP contribution is -2.40. The zero-order valence-electron chi connectivity index (χ0n) is 8.76. The highest BCUT2D eigenvalue weighted by atomic mass is 16.6. The van der Waals surface area contributed by atoms with Crippen LogP contribution in [-0.2, 0) is 19.1 Å². The second kappa shape index (κ2) is 4.09. The molecule has 2 heterocycles. The van der Waals surface area contributed by atoms with Crippen molar-refractivity contribution < 1.29 is 23.9 Å². The van der Waals surface area contributed by atoms with Crippen LogP contribution in [0.25, 0.3) is 0 Å². The van der Waals surface area contributed by atoms with Crippen molar-refractivity contribution in [2.75, 3.05) is 20.3 Å². The number of hydrogen-bond acceptors (Lipinski definition) is 6. The second-order valence-electron chi connectivity index (χ2n) is 3.69. The van der Waals surface area contributed by atoms with Gasteiger partial charge in [0, 0.05) is 6.54 Å². The van der Waals surface area contributed by atoms with Crippen LogP contribution in [0, 0.1) is 0 Å². The molecule has 0 saturated carbocycles. The van der Waals surface area contributed by atoms with Gasteiger partial charge in [0.1, 0.15) is 6.04 Å². The number of amides is 2. The van der Waals surface area contributed by atoms with Gasteiger partial charge in [0.15, 0.2) is 6.61 Å². The summed E-state index contributed by atoms with van der Waals surface area (Å²) < 4.78 is 9.18. The summed E-state index contributed by atoms with van der Waals surface area (Å²) in [7, 11) is 1.30. The number of carbonyl (C=O) groups excluding carboxylic acids is 3. The zero-order valence-corrected chi connectivity index (χ0v) is 8.76. The fourth-order valence-corrected chi connectivity index (χ4v) is 1.95. The van der Waals surface area contributed by atoms with E-state index in [9.17, 15) is 14.4 Å². The average Bonchev–Trinajstić information content (AvgIpc) is 2.85. The smallest absolute Gasteiger partial charge is 0.417 e. The molecule has 2 fully saturated rings. The van der Waals surface area contributed by atoms with Crippen LogP contribution in [0.5, 0.6) is 0 Å². The Balaban J connectivity index is 2.00. The van der Waals surface area contributed by atoms with Crippen LogP contribution < -0.4 is 5.32 Å². The molecule has 2 aliphatic rings. The van der Waals surface area contributed by atoms with Gasteiger partial charge in [0.25, 0.3) is 5.91 Å². The van der Waals surface area contributed by atoms with Crippen LogP contribution in [0.3, 0.4) is 0 Å². The predicted octanol–water partition coefficient (Wildman–Crippen LogP) is -1.13. The number of cyclic esters (lactones) is 1. The summed E-state index contributed by atoms with van der Waals surface area (Å²) in [6.07, 6.45) is -0.268. The predicted molar refractivity (Wildman–Crippen MR) is 50.4 cm³/mol. The third-order valence-corrected chi connectivity index (χ3v) is 2.74. The van der Waals surface area contributed by atoms with Crippen LogP contribution in [0.15, 0.2) is 0 Å². The molecular weight excluding hydrogens is 216 g/mol. The summed E-state index contributed by atoms with van der Waals surface area (Å²) in [5.74, 6) is -0.746. The highest BCUT2D eigenvalue weighted by molar-refractivity contribution is 5.98. The molecule has 0 unspecified atom stereocenters. The Morgan fingerprint density at radius 2 is 2.31 bits per heavy atom. The molecule has 7 nitrogen and oxygen atoms in total. The fraction of sp³-hybridized carbons (Fsp3) is 0.667. The van der Waals surface area contributed by atoms with Crippen LogP contribution >= 0.6 is 0 Å². The molecule has 0 aromatic carbocycles. The van der Waals surface area contributed by atoms with E-state index in [0.29, 0.717) is 13.0 Å². The SMILES string of the molecule is COC(=O)[C@@H]1C[C@@H](N2C(=O)COC2=O)CN1. The quantitative estimate of drug-likeness (QED) is 0.602. The van der Waals surface area contributed by atoms with Gasteiger partial charge in [-0.2, -0.15) is 0 Å². The first-order chi connectivity index (χ1) is 7.63. The minimum atomic E-state index is -0.637. The van der Waals surface area contributed by atoms with E-state index in [1.54, 1.807) is 0 Å². The summed E-state index contributed by atoms with van der Waals surface area (Å²) in [4.78, 5) is 34.9. The molecule has 2 aliphatic heterocycles. The maximum absolute atomic E-state index is 11.4. The molecule has 0 aromatic heterocycles. The van der Waals surface area contributed by atoms with Gasteiger partial charge in [-0.25, -0.2) is 9.69 Å². The van der Waals surface area contributed by atoms with Crippen LogP contribution in [0.1, 0.15) is 6.42 Å². The number of methoxy groups -OCH3 is 1. The molecule has 2 atom stereocenters. The van der Waals surface area contributed by atoms with Gasteiger partial charge >= 0.3 is 12.1 Å². The Hall–Kier alpha value is -1.63. The molecule has 2 amide bonds. The number of nitrogens with zero attached hydrogens (tertiary/aromatic N) is 1. The van der Waals surface area contributed by atoms with Gasteiger partial charge in [0.2, 0.25) is 0 Å². The molecule has 2 rings (SSSR count). The van der Waals surface area contributed by atoms with Crippen LogP contribution in [0.4, 0.5) is 4.79 Å². The molecule has 88 valence electrons. The molecule has 16 heavy (non-hydrogen) atoms. The van der Waals surface area contributed by atoms with E-state index < -0.39 is 12.1 Å². The topological polar surface area (TPSA) is 84.9 Å². The number of ether oxygens (including phenoxy) is 2. The molecule has 0 spiro atoms. The monoisotopic (exact) mass is 228 g/mol. The van der Waals surface area contributed by atoms with Crippen molar-refractivity contribution >= 4 is 18.0 Å². The Morgan fingerprint density at radius 3 is 2.88 bits per heavy atom. The number of rotatable bonds is 2. The first kappa shape index (κ1) is 10.9. The summed E-state index contributed by atoms with van der Waals surface area (Å²) in [5.41, 5.74) is 0. The van der Waals surface area contributed by atoms with Crippen molar-refractivity contribution in [2.45, 2.75) is 18.5 Å². The third-order valence-electron chi connectivity index (χ3n) is 2.74. The summed E-state index contributed by atoms with van der Waals surface area (Å²) in [6, 6.07) is -0.789. The largest absolute Gasteiger partial charge is 0.468 e. The van der Waals surface area contributed by atoms with Crippen LogP contribution in [0.2, 0.25) is 0 Å². The van der Waals surface area contributed by atoms with Gasteiger partial charge in [-0.1, -0.05) is 0 Å². The minimum absolute atomic E-state index is 0.210. The van der Waals surface area contributed by atoms with Crippen LogP contribution in [-0.4, -0.2) is 55.2 Å². The Morgan fingerprint density at radius 1 is 1.56 bits per heavy atom. The third kappa shape index (κ3) is 1.73. The van der Waals surface area contributed by atoms with E-state index in [0.717, 1.165) is 4.90 Å². The van der Waals surface area contributed by atoms with E-state index in [-0.39, 0.29) is 24.5 Å². The lowest BCUT2D eigenvalue weighted by atomic mass is 10.1. The number of nitrogens with one attached hydrogen (secondary N) is 1. The van der Waals surface area contributed by atoms with E-state index in [1.165, 1.54) is 7.11 Å². The van der Waals surface area contributed by atoms with Crippen molar-refractivity contribution in [2.24, 2.45) is 0 Å². The van der Waals surface area contributed by atoms with Gasteiger partial charge in [-0.3, -0.25) is 9.59 Å². The van der Waals surface area contributed by atoms with E-state index in [4.69, 9.17) is 0 Å². The standard InChI is InChI=1S/C9H12N2O5/c1-15-8(13)6-2-5(3-10-6)11-7(12)4-16-9(11)14/h5-6,10H,2-4H2,1H3/t5-,6+/m1/s1. The van der Waals surface area contributed by atoms with E-state index in [2.05, 4.69) is 14.8 Å². The van der Waals surface area contributed by atoms with Gasteiger partial charge in [-0.05, 0) is 6.42 Å².